The summed E-state index contributed by atoms with van der Waals surface area (Å²) in [7, 11) is 1.57. The van der Waals surface area contributed by atoms with Crippen molar-refractivity contribution in [2.45, 2.75) is 0 Å². The van der Waals surface area contributed by atoms with Crippen LogP contribution in [0, 0.1) is 0 Å². The van der Waals surface area contributed by atoms with Gasteiger partial charge in [-0.15, -0.1) is 11.3 Å². The predicted molar refractivity (Wildman–Crippen MR) is 125 cm³/mol. The van der Waals surface area contributed by atoms with Crippen molar-refractivity contribution in [3.8, 4) is 33.7 Å². The first kappa shape index (κ1) is 19.1. The van der Waals surface area contributed by atoms with Crippen LogP contribution in [0.25, 0.3) is 38.2 Å². The van der Waals surface area contributed by atoms with Crippen LogP contribution in [0.2, 0.25) is 0 Å². The summed E-state index contributed by atoms with van der Waals surface area (Å²) in [5, 5.41) is 2.43. The maximum Gasteiger partial charge on any atom is 0.334 e. The third-order valence-electron chi connectivity index (χ3n) is 5.24. The van der Waals surface area contributed by atoms with Crippen LogP contribution >= 0.6 is 11.3 Å². The molecule has 0 aliphatic carbocycles. The summed E-state index contributed by atoms with van der Waals surface area (Å²) in [6.07, 6.45) is 0. The number of rotatable bonds is 4. The van der Waals surface area contributed by atoms with Gasteiger partial charge in [0.05, 0.1) is 18.2 Å². The molecule has 5 nitrogen and oxygen atoms in total. The maximum atomic E-state index is 13.4. The van der Waals surface area contributed by atoms with E-state index in [0.29, 0.717) is 21.7 Å². The molecular formula is C25H18N2O3S. The molecule has 5 aromatic rings. The average molecular weight is 426 g/mol. The first-order valence-electron chi connectivity index (χ1n) is 9.72. The van der Waals surface area contributed by atoms with E-state index in [0.717, 1.165) is 22.3 Å². The summed E-state index contributed by atoms with van der Waals surface area (Å²) < 4.78 is 6.34. The van der Waals surface area contributed by atoms with E-state index < -0.39 is 5.69 Å². The van der Waals surface area contributed by atoms with Gasteiger partial charge in [-0.1, -0.05) is 48.5 Å². The van der Waals surface area contributed by atoms with Gasteiger partial charge in [0, 0.05) is 10.9 Å². The molecule has 0 fully saturated rings. The lowest BCUT2D eigenvalue weighted by Crippen LogP contribution is -2.33. The zero-order chi connectivity index (χ0) is 21.4. The number of hydrogen-bond donors (Lipinski definition) is 1. The van der Waals surface area contributed by atoms with Crippen molar-refractivity contribution in [1.29, 1.82) is 0 Å². The lowest BCUT2D eigenvalue weighted by atomic mass is 9.99. The van der Waals surface area contributed by atoms with Gasteiger partial charge in [-0.3, -0.25) is 9.78 Å². The van der Waals surface area contributed by atoms with Crippen molar-refractivity contribution in [1.82, 2.24) is 9.55 Å². The standard InChI is InChI=1S/C25H18N2O3S/c1-30-20-12-10-19(11-13-20)27-24(28)22-21(15-31-23(22)26-25(27)29)18-9-5-8-17(14-18)16-6-3-2-4-7-16/h2-15H,1H3,(H,26,29). The van der Waals surface area contributed by atoms with Crippen LogP contribution in [0.15, 0.2) is 93.8 Å². The van der Waals surface area contributed by atoms with Gasteiger partial charge >= 0.3 is 5.69 Å². The third-order valence-corrected chi connectivity index (χ3v) is 6.14. The quantitative estimate of drug-likeness (QED) is 0.436. The summed E-state index contributed by atoms with van der Waals surface area (Å²) in [4.78, 5) is 29.5. The van der Waals surface area contributed by atoms with Crippen molar-refractivity contribution in [3.05, 3.63) is 105 Å². The van der Waals surface area contributed by atoms with Gasteiger partial charge in [-0.2, -0.15) is 0 Å². The van der Waals surface area contributed by atoms with Crippen LogP contribution in [0.1, 0.15) is 0 Å². The monoisotopic (exact) mass is 426 g/mol. The number of methoxy groups -OCH3 is 1. The molecule has 0 saturated heterocycles. The summed E-state index contributed by atoms with van der Waals surface area (Å²) in [6.45, 7) is 0. The van der Waals surface area contributed by atoms with Crippen LogP contribution in [0.3, 0.4) is 0 Å². The topological polar surface area (TPSA) is 64.1 Å². The van der Waals surface area contributed by atoms with Gasteiger partial charge in [0.1, 0.15) is 10.6 Å². The molecule has 0 saturated carbocycles. The Balaban J connectivity index is 1.70. The lowest BCUT2D eigenvalue weighted by molar-refractivity contribution is 0.414. The Hall–Kier alpha value is -3.90. The van der Waals surface area contributed by atoms with E-state index in [-0.39, 0.29) is 5.56 Å². The second-order valence-electron chi connectivity index (χ2n) is 7.07. The zero-order valence-electron chi connectivity index (χ0n) is 16.7. The summed E-state index contributed by atoms with van der Waals surface area (Å²) in [6, 6.07) is 25.0. The number of aromatic nitrogens is 2. The number of fused-ring (bicyclic) bond motifs is 1. The van der Waals surface area contributed by atoms with Crippen LogP contribution in [-0.4, -0.2) is 16.7 Å². The zero-order valence-corrected chi connectivity index (χ0v) is 17.5. The second kappa shape index (κ2) is 7.74. The third kappa shape index (κ3) is 3.37. The highest BCUT2D eigenvalue weighted by atomic mass is 32.1. The highest BCUT2D eigenvalue weighted by Gasteiger charge is 2.16. The van der Waals surface area contributed by atoms with Crippen molar-refractivity contribution >= 4 is 21.6 Å². The Labute approximate surface area is 181 Å². The maximum absolute atomic E-state index is 13.4. The van der Waals surface area contributed by atoms with Crippen LogP contribution in [0.4, 0.5) is 0 Å². The molecule has 152 valence electrons. The Morgan fingerprint density at radius 3 is 2.29 bits per heavy atom. The molecular weight excluding hydrogens is 408 g/mol. The highest BCUT2D eigenvalue weighted by Crippen LogP contribution is 2.33. The van der Waals surface area contributed by atoms with Gasteiger partial charge in [0.15, 0.2) is 0 Å². The van der Waals surface area contributed by atoms with Gasteiger partial charge in [0.25, 0.3) is 5.56 Å². The second-order valence-corrected chi connectivity index (χ2v) is 7.95. The van der Waals surface area contributed by atoms with E-state index in [9.17, 15) is 9.59 Å². The Bertz CT molecular complexity index is 1500. The van der Waals surface area contributed by atoms with E-state index in [1.165, 1.54) is 15.9 Å². The molecule has 0 aliphatic rings. The molecule has 6 heteroatoms. The molecule has 1 N–H and O–H groups in total. The largest absolute Gasteiger partial charge is 0.497 e. The number of nitrogens with one attached hydrogen (secondary N) is 1. The Morgan fingerprint density at radius 2 is 1.55 bits per heavy atom. The fourth-order valence-electron chi connectivity index (χ4n) is 3.69. The summed E-state index contributed by atoms with van der Waals surface area (Å²) >= 11 is 1.36. The summed E-state index contributed by atoms with van der Waals surface area (Å²) in [5.74, 6) is 0.656. The molecule has 2 aromatic heterocycles. The van der Waals surface area contributed by atoms with Gasteiger partial charge in [0.2, 0.25) is 0 Å². The number of ether oxygens (including phenoxy) is 1. The normalized spacial score (nSPS) is 11.0. The molecule has 2 heterocycles. The smallest absolute Gasteiger partial charge is 0.334 e. The predicted octanol–water partition coefficient (Wildman–Crippen LogP) is 5.08. The minimum absolute atomic E-state index is 0.342. The van der Waals surface area contributed by atoms with Crippen molar-refractivity contribution < 1.29 is 4.74 Å². The fourth-order valence-corrected chi connectivity index (χ4v) is 4.65. The molecule has 3 aromatic carbocycles. The van der Waals surface area contributed by atoms with Crippen molar-refractivity contribution in [2.24, 2.45) is 0 Å². The van der Waals surface area contributed by atoms with E-state index in [1.54, 1.807) is 31.4 Å². The minimum atomic E-state index is -0.464. The fraction of sp³-hybridized carbons (Fsp3) is 0.0400. The van der Waals surface area contributed by atoms with Crippen molar-refractivity contribution in [3.63, 3.8) is 0 Å². The van der Waals surface area contributed by atoms with Crippen LogP contribution in [0.5, 0.6) is 5.75 Å². The first-order chi connectivity index (χ1) is 15.2. The Morgan fingerprint density at radius 1 is 0.839 bits per heavy atom. The SMILES string of the molecule is COc1ccc(-n2c(=O)[nH]c3scc(-c4cccc(-c5ccccc5)c4)c3c2=O)cc1. The van der Waals surface area contributed by atoms with Crippen molar-refractivity contribution in [2.75, 3.05) is 7.11 Å². The average Bonchev–Trinajstić information content (AvgIpc) is 3.24. The molecule has 5 rings (SSSR count). The molecule has 0 bridgehead atoms. The number of thiophene rings is 1. The number of H-pyrrole nitrogens is 1. The number of benzene rings is 3. The van der Waals surface area contributed by atoms with E-state index in [2.05, 4.69) is 23.2 Å². The molecule has 31 heavy (non-hydrogen) atoms. The number of aromatic amines is 1. The van der Waals surface area contributed by atoms with Crippen LogP contribution < -0.4 is 16.0 Å². The Kier molecular flexibility index (Phi) is 4.76. The molecule has 0 unspecified atom stereocenters. The van der Waals surface area contributed by atoms with Gasteiger partial charge in [-0.25, -0.2) is 9.36 Å². The molecule has 0 spiro atoms. The van der Waals surface area contributed by atoms with Gasteiger partial charge in [-0.05, 0) is 47.0 Å². The molecule has 0 amide bonds. The number of nitrogens with zero attached hydrogens (tertiary/aromatic N) is 1. The van der Waals surface area contributed by atoms with E-state index in [1.807, 2.05) is 41.8 Å². The highest BCUT2D eigenvalue weighted by molar-refractivity contribution is 7.17. The molecule has 0 atom stereocenters. The summed E-state index contributed by atoms with van der Waals surface area (Å²) in [5.41, 5.74) is 3.59. The number of hydrogen-bond acceptors (Lipinski definition) is 4. The van der Waals surface area contributed by atoms with E-state index in [4.69, 9.17) is 4.74 Å². The minimum Gasteiger partial charge on any atom is -0.497 e. The first-order valence-corrected chi connectivity index (χ1v) is 10.6. The molecule has 0 aliphatic heterocycles. The van der Waals surface area contributed by atoms with Gasteiger partial charge < -0.3 is 4.74 Å². The van der Waals surface area contributed by atoms with Crippen LogP contribution in [-0.2, 0) is 0 Å². The molecule has 0 radical (unpaired) electrons. The van der Waals surface area contributed by atoms with E-state index >= 15 is 0 Å². The lowest BCUT2D eigenvalue weighted by Gasteiger charge is -2.08.